The fourth-order valence-corrected chi connectivity index (χ4v) is 2.59. The molecule has 0 atom stereocenters. The van der Waals surface area contributed by atoms with E-state index in [4.69, 9.17) is 10.5 Å². The molecule has 0 aliphatic rings. The van der Waals surface area contributed by atoms with Crippen LogP contribution in [-0.4, -0.2) is 12.1 Å². The van der Waals surface area contributed by atoms with Crippen molar-refractivity contribution in [3.8, 4) is 17.0 Å². The number of nitrogens with zero attached hydrogens (tertiary/aromatic N) is 1. The predicted molar refractivity (Wildman–Crippen MR) is 71.0 cm³/mol. The molecule has 0 bridgehead atoms. The first kappa shape index (κ1) is 11.4. The summed E-state index contributed by atoms with van der Waals surface area (Å²) >= 11 is 4.98. The van der Waals surface area contributed by atoms with Crippen LogP contribution in [0.1, 0.15) is 5.01 Å². The van der Waals surface area contributed by atoms with E-state index < -0.39 is 0 Å². The summed E-state index contributed by atoms with van der Waals surface area (Å²) in [5.74, 6) is 0.795. The fraction of sp³-hybridized carbons (Fsp3) is 0.182. The molecule has 0 saturated heterocycles. The number of hydrogen-bond acceptors (Lipinski definition) is 4. The summed E-state index contributed by atoms with van der Waals surface area (Å²) in [4.78, 5) is 4.42. The van der Waals surface area contributed by atoms with Crippen LogP contribution < -0.4 is 10.5 Å². The number of benzene rings is 1. The van der Waals surface area contributed by atoms with Gasteiger partial charge in [-0.05, 0) is 25.1 Å². The van der Waals surface area contributed by atoms with Crippen LogP contribution in [-0.2, 0) is 0 Å². The largest absolute Gasteiger partial charge is 0.497 e. The molecule has 1 aromatic heterocycles. The van der Waals surface area contributed by atoms with Crippen molar-refractivity contribution in [3.05, 3.63) is 27.7 Å². The molecule has 3 nitrogen and oxygen atoms in total. The van der Waals surface area contributed by atoms with Gasteiger partial charge in [-0.3, -0.25) is 0 Å². The number of nitrogens with two attached hydrogens (primary N) is 1. The van der Waals surface area contributed by atoms with E-state index in [9.17, 15) is 0 Å². The maximum Gasteiger partial charge on any atom is 0.119 e. The number of hydrogen-bond donors (Lipinski definition) is 1. The third-order valence-corrected chi connectivity index (χ3v) is 3.68. The van der Waals surface area contributed by atoms with Crippen molar-refractivity contribution in [1.82, 2.24) is 4.98 Å². The molecular weight excluding hydrogens is 288 g/mol. The third-order valence-electron chi connectivity index (χ3n) is 2.19. The number of aromatic nitrogens is 1. The average molecular weight is 299 g/mol. The number of ether oxygens (including phenoxy) is 1. The van der Waals surface area contributed by atoms with Gasteiger partial charge in [0.15, 0.2) is 0 Å². The van der Waals surface area contributed by atoms with Gasteiger partial charge in [-0.2, -0.15) is 0 Å². The van der Waals surface area contributed by atoms with Crippen LogP contribution >= 0.6 is 27.3 Å². The van der Waals surface area contributed by atoms with E-state index in [2.05, 4.69) is 20.9 Å². The molecule has 2 N–H and O–H groups in total. The van der Waals surface area contributed by atoms with Crippen molar-refractivity contribution in [2.75, 3.05) is 12.8 Å². The Kier molecular flexibility index (Phi) is 3.16. The van der Waals surface area contributed by atoms with Crippen LogP contribution in [0.25, 0.3) is 11.3 Å². The maximum absolute atomic E-state index is 5.93. The topological polar surface area (TPSA) is 48.1 Å². The first-order chi connectivity index (χ1) is 7.61. The Morgan fingerprint density at radius 3 is 2.75 bits per heavy atom. The Morgan fingerprint density at radius 1 is 1.44 bits per heavy atom. The van der Waals surface area contributed by atoms with E-state index in [0.29, 0.717) is 0 Å². The smallest absolute Gasteiger partial charge is 0.119 e. The van der Waals surface area contributed by atoms with E-state index in [1.807, 2.05) is 25.1 Å². The van der Waals surface area contributed by atoms with Gasteiger partial charge < -0.3 is 10.5 Å². The predicted octanol–water partition coefficient (Wildman–Crippen LogP) is 3.47. The van der Waals surface area contributed by atoms with E-state index in [1.165, 1.54) is 11.3 Å². The molecule has 0 radical (unpaired) electrons. The van der Waals surface area contributed by atoms with Crippen LogP contribution in [0.4, 0.5) is 5.00 Å². The molecule has 0 fully saturated rings. The van der Waals surface area contributed by atoms with Crippen molar-refractivity contribution < 1.29 is 4.74 Å². The SMILES string of the molecule is COc1ccc(Br)c(-c2nc(C)sc2N)c1. The molecule has 0 amide bonds. The molecule has 1 heterocycles. The second-order valence-corrected chi connectivity index (χ2v) is 5.38. The van der Waals surface area contributed by atoms with Crippen LogP contribution in [0, 0.1) is 6.92 Å². The van der Waals surface area contributed by atoms with Gasteiger partial charge in [0.25, 0.3) is 0 Å². The van der Waals surface area contributed by atoms with E-state index in [0.717, 1.165) is 31.5 Å². The zero-order chi connectivity index (χ0) is 11.7. The number of rotatable bonds is 2. The van der Waals surface area contributed by atoms with Crippen molar-refractivity contribution in [2.24, 2.45) is 0 Å². The molecule has 2 aromatic rings. The van der Waals surface area contributed by atoms with E-state index in [-0.39, 0.29) is 0 Å². The zero-order valence-electron chi connectivity index (χ0n) is 8.95. The fourth-order valence-electron chi connectivity index (χ4n) is 1.45. The minimum atomic E-state index is 0.728. The van der Waals surface area contributed by atoms with Gasteiger partial charge in [0, 0.05) is 10.0 Å². The Bertz CT molecular complexity index is 525. The summed E-state index contributed by atoms with van der Waals surface area (Å²) in [5, 5.41) is 1.69. The molecule has 2 rings (SSSR count). The average Bonchev–Trinajstić information content (AvgIpc) is 2.58. The summed E-state index contributed by atoms with van der Waals surface area (Å²) in [6.45, 7) is 1.94. The minimum Gasteiger partial charge on any atom is -0.497 e. The summed E-state index contributed by atoms with van der Waals surface area (Å²) in [6.07, 6.45) is 0. The summed E-state index contributed by atoms with van der Waals surface area (Å²) < 4.78 is 6.16. The van der Waals surface area contributed by atoms with Gasteiger partial charge in [-0.25, -0.2) is 4.98 Å². The highest BCUT2D eigenvalue weighted by atomic mass is 79.9. The highest BCUT2D eigenvalue weighted by Crippen LogP contribution is 2.36. The first-order valence-electron chi connectivity index (χ1n) is 4.68. The summed E-state index contributed by atoms with van der Waals surface area (Å²) in [5.41, 5.74) is 7.70. The lowest BCUT2D eigenvalue weighted by Gasteiger charge is -2.05. The molecule has 1 aromatic carbocycles. The molecule has 0 aliphatic heterocycles. The van der Waals surface area contributed by atoms with Crippen LogP contribution in [0.15, 0.2) is 22.7 Å². The third kappa shape index (κ3) is 2.05. The standard InChI is InChI=1S/C11H11BrN2OS/c1-6-14-10(11(13)16-6)8-5-7(15-2)3-4-9(8)12/h3-5H,13H2,1-2H3. The molecule has 16 heavy (non-hydrogen) atoms. The van der Waals surface area contributed by atoms with Gasteiger partial charge in [-0.1, -0.05) is 15.9 Å². The second-order valence-electron chi connectivity index (χ2n) is 3.29. The molecule has 0 saturated carbocycles. The Hall–Kier alpha value is -1.07. The number of anilines is 1. The van der Waals surface area contributed by atoms with Crippen LogP contribution in [0.5, 0.6) is 5.75 Å². The van der Waals surface area contributed by atoms with Crippen molar-refractivity contribution >= 4 is 32.3 Å². The molecular formula is C11H11BrN2OS. The van der Waals surface area contributed by atoms with Crippen LogP contribution in [0.3, 0.4) is 0 Å². The molecule has 0 spiro atoms. The van der Waals surface area contributed by atoms with Gasteiger partial charge in [0.1, 0.15) is 16.4 Å². The Morgan fingerprint density at radius 2 is 2.19 bits per heavy atom. The normalized spacial score (nSPS) is 10.4. The van der Waals surface area contributed by atoms with E-state index >= 15 is 0 Å². The number of thiazole rings is 1. The first-order valence-corrected chi connectivity index (χ1v) is 6.29. The van der Waals surface area contributed by atoms with Gasteiger partial charge in [0.05, 0.1) is 12.1 Å². The van der Waals surface area contributed by atoms with Gasteiger partial charge >= 0.3 is 0 Å². The summed E-state index contributed by atoms with van der Waals surface area (Å²) in [6, 6.07) is 5.75. The number of nitrogen functional groups attached to an aromatic ring is 1. The maximum atomic E-state index is 5.93. The molecule has 0 unspecified atom stereocenters. The molecule has 0 aliphatic carbocycles. The molecule has 5 heteroatoms. The molecule has 84 valence electrons. The lowest BCUT2D eigenvalue weighted by molar-refractivity contribution is 0.415. The van der Waals surface area contributed by atoms with Crippen molar-refractivity contribution in [1.29, 1.82) is 0 Å². The monoisotopic (exact) mass is 298 g/mol. The Balaban J connectivity index is 2.58. The van der Waals surface area contributed by atoms with E-state index in [1.54, 1.807) is 7.11 Å². The lowest BCUT2D eigenvalue weighted by Crippen LogP contribution is -1.89. The second kappa shape index (κ2) is 4.43. The minimum absolute atomic E-state index is 0.728. The van der Waals surface area contributed by atoms with Gasteiger partial charge in [-0.15, -0.1) is 11.3 Å². The van der Waals surface area contributed by atoms with Crippen LogP contribution in [0.2, 0.25) is 0 Å². The highest BCUT2D eigenvalue weighted by molar-refractivity contribution is 9.10. The van der Waals surface area contributed by atoms with Gasteiger partial charge in [0.2, 0.25) is 0 Å². The highest BCUT2D eigenvalue weighted by Gasteiger charge is 2.12. The Labute approximate surface area is 106 Å². The zero-order valence-corrected chi connectivity index (χ0v) is 11.4. The quantitative estimate of drug-likeness (QED) is 0.923. The number of aryl methyl sites for hydroxylation is 1. The number of methoxy groups -OCH3 is 1. The van der Waals surface area contributed by atoms with Crippen molar-refractivity contribution in [3.63, 3.8) is 0 Å². The van der Waals surface area contributed by atoms with Crippen molar-refractivity contribution in [2.45, 2.75) is 6.92 Å². The summed E-state index contributed by atoms with van der Waals surface area (Å²) in [7, 11) is 1.64. The lowest BCUT2D eigenvalue weighted by atomic mass is 10.1. The number of halogens is 1.